The monoisotopic (exact) mass is 261 g/mol. The number of nitrogen functional groups attached to an aromatic ring is 1. The van der Waals surface area contributed by atoms with Crippen LogP contribution in [-0.2, 0) is 4.74 Å². The van der Waals surface area contributed by atoms with Gasteiger partial charge in [0.05, 0.1) is 11.5 Å². The summed E-state index contributed by atoms with van der Waals surface area (Å²) in [5.74, 6) is 0. The summed E-state index contributed by atoms with van der Waals surface area (Å²) in [7, 11) is 0. The number of benzene rings is 1. The van der Waals surface area contributed by atoms with Crippen molar-refractivity contribution >= 4 is 17.1 Å². The van der Waals surface area contributed by atoms with E-state index in [0.717, 1.165) is 0 Å². The third-order valence-corrected chi connectivity index (χ3v) is 2.06. The summed E-state index contributed by atoms with van der Waals surface area (Å²) in [5, 5.41) is 13.5. The van der Waals surface area contributed by atoms with Crippen molar-refractivity contribution in [2.24, 2.45) is 0 Å². The van der Waals surface area contributed by atoms with Crippen LogP contribution in [0.2, 0.25) is 0 Å². The number of halogens is 2. The Balaban J connectivity index is 2.52. The molecule has 3 N–H and O–H groups in total. The topological polar surface area (TPSA) is 90.4 Å². The number of nitro groups is 1. The van der Waals surface area contributed by atoms with E-state index in [9.17, 15) is 18.9 Å². The largest absolute Gasteiger partial charge is 0.393 e. The van der Waals surface area contributed by atoms with Crippen LogP contribution in [0.5, 0.6) is 0 Å². The minimum atomic E-state index is -2.52. The number of nitrogens with one attached hydrogen (secondary N) is 1. The van der Waals surface area contributed by atoms with E-state index < -0.39 is 18.0 Å². The van der Waals surface area contributed by atoms with Gasteiger partial charge >= 0.3 is 5.69 Å². The van der Waals surface area contributed by atoms with E-state index in [1.54, 1.807) is 6.07 Å². The lowest BCUT2D eigenvalue weighted by molar-refractivity contribution is -0.383. The zero-order valence-electron chi connectivity index (χ0n) is 9.44. The van der Waals surface area contributed by atoms with Gasteiger partial charge in [0.1, 0.15) is 18.0 Å². The molecule has 0 aromatic heterocycles. The zero-order valence-corrected chi connectivity index (χ0v) is 9.44. The molecule has 8 heteroatoms. The van der Waals surface area contributed by atoms with Gasteiger partial charge < -0.3 is 15.8 Å². The maximum Gasteiger partial charge on any atom is 0.314 e. The summed E-state index contributed by atoms with van der Waals surface area (Å²) < 4.78 is 28.1. The van der Waals surface area contributed by atoms with Crippen LogP contribution in [0, 0.1) is 10.1 Å². The molecule has 0 heterocycles. The molecule has 0 spiro atoms. The van der Waals surface area contributed by atoms with E-state index in [1.807, 2.05) is 0 Å². The number of nitrogens with two attached hydrogens (primary N) is 1. The van der Waals surface area contributed by atoms with Gasteiger partial charge in [0.25, 0.3) is 6.43 Å². The highest BCUT2D eigenvalue weighted by Gasteiger charge is 2.16. The Bertz CT molecular complexity index is 415. The van der Waals surface area contributed by atoms with Gasteiger partial charge in [-0.05, 0) is 12.1 Å². The Kier molecular flexibility index (Phi) is 5.25. The Hall–Kier alpha value is -1.96. The number of para-hydroxylation sites is 1. The van der Waals surface area contributed by atoms with Crippen molar-refractivity contribution in [3.8, 4) is 0 Å². The molecule has 0 unspecified atom stereocenters. The third-order valence-electron chi connectivity index (χ3n) is 2.06. The fourth-order valence-electron chi connectivity index (χ4n) is 1.34. The minimum Gasteiger partial charge on any atom is -0.393 e. The number of anilines is 2. The van der Waals surface area contributed by atoms with Gasteiger partial charge in [-0.3, -0.25) is 10.1 Å². The van der Waals surface area contributed by atoms with E-state index in [1.165, 1.54) is 12.1 Å². The zero-order chi connectivity index (χ0) is 13.5. The molecule has 0 atom stereocenters. The molecule has 1 aromatic carbocycles. The molecule has 0 bridgehead atoms. The van der Waals surface area contributed by atoms with Gasteiger partial charge in [-0.2, -0.15) is 0 Å². The van der Waals surface area contributed by atoms with Crippen molar-refractivity contribution in [1.82, 2.24) is 0 Å². The van der Waals surface area contributed by atoms with Crippen molar-refractivity contribution < 1.29 is 18.4 Å². The van der Waals surface area contributed by atoms with Gasteiger partial charge in [-0.1, -0.05) is 6.07 Å². The van der Waals surface area contributed by atoms with Crippen LogP contribution >= 0.6 is 0 Å². The molecule has 1 rings (SSSR count). The Morgan fingerprint density at radius 2 is 2.22 bits per heavy atom. The van der Waals surface area contributed by atoms with E-state index in [4.69, 9.17) is 5.73 Å². The normalized spacial score (nSPS) is 10.6. The predicted molar refractivity (Wildman–Crippen MR) is 62.8 cm³/mol. The van der Waals surface area contributed by atoms with Crippen molar-refractivity contribution in [3.63, 3.8) is 0 Å². The number of hydrogen-bond acceptors (Lipinski definition) is 5. The second-order valence-electron chi connectivity index (χ2n) is 3.39. The second-order valence-corrected chi connectivity index (χ2v) is 3.39. The average Bonchev–Trinajstić information content (AvgIpc) is 2.27. The number of rotatable bonds is 7. The molecule has 6 nitrogen and oxygen atoms in total. The van der Waals surface area contributed by atoms with Crippen LogP contribution in [0.4, 0.5) is 25.8 Å². The average molecular weight is 261 g/mol. The Morgan fingerprint density at radius 3 is 2.83 bits per heavy atom. The highest BCUT2D eigenvalue weighted by atomic mass is 19.3. The van der Waals surface area contributed by atoms with Gasteiger partial charge in [0, 0.05) is 6.54 Å². The van der Waals surface area contributed by atoms with Crippen LogP contribution in [0.3, 0.4) is 0 Å². The van der Waals surface area contributed by atoms with Crippen LogP contribution in [0.1, 0.15) is 0 Å². The minimum absolute atomic E-state index is 0.0241. The van der Waals surface area contributed by atoms with Crippen LogP contribution in [0.25, 0.3) is 0 Å². The van der Waals surface area contributed by atoms with Crippen molar-refractivity contribution in [3.05, 3.63) is 28.3 Å². The van der Waals surface area contributed by atoms with E-state index in [2.05, 4.69) is 10.1 Å². The maximum atomic E-state index is 11.8. The second kappa shape index (κ2) is 6.70. The molecular formula is C10H13F2N3O3. The molecule has 1 aromatic rings. The molecule has 0 saturated heterocycles. The summed E-state index contributed by atoms with van der Waals surface area (Å²) in [4.78, 5) is 10.2. The predicted octanol–water partition coefficient (Wildman–Crippen LogP) is 1.87. The van der Waals surface area contributed by atoms with Crippen LogP contribution < -0.4 is 11.1 Å². The molecular weight excluding hydrogens is 248 g/mol. The smallest absolute Gasteiger partial charge is 0.314 e. The molecule has 0 fully saturated rings. The lowest BCUT2D eigenvalue weighted by atomic mass is 10.2. The van der Waals surface area contributed by atoms with Gasteiger partial charge in [-0.25, -0.2) is 8.78 Å². The van der Waals surface area contributed by atoms with Crippen LogP contribution in [-0.4, -0.2) is 31.1 Å². The Morgan fingerprint density at radius 1 is 1.50 bits per heavy atom. The molecule has 0 aliphatic rings. The number of hydrogen-bond donors (Lipinski definition) is 2. The third kappa shape index (κ3) is 4.13. The van der Waals surface area contributed by atoms with E-state index >= 15 is 0 Å². The number of alkyl halides is 2. The first-order valence-electron chi connectivity index (χ1n) is 5.15. The Labute approximate surface area is 102 Å². The molecule has 0 aliphatic heterocycles. The van der Waals surface area contributed by atoms with Gasteiger partial charge in [0.2, 0.25) is 0 Å². The number of ether oxygens (including phenoxy) is 1. The summed E-state index contributed by atoms with van der Waals surface area (Å²) >= 11 is 0. The molecule has 0 saturated carbocycles. The molecule has 0 aliphatic carbocycles. The first-order chi connectivity index (χ1) is 8.52. The lowest BCUT2D eigenvalue weighted by Crippen LogP contribution is -2.14. The van der Waals surface area contributed by atoms with E-state index in [0.29, 0.717) is 0 Å². The first-order valence-corrected chi connectivity index (χ1v) is 5.15. The number of nitro benzene ring substituents is 1. The lowest BCUT2D eigenvalue weighted by Gasteiger charge is -2.08. The fourth-order valence-corrected chi connectivity index (χ4v) is 1.34. The summed E-state index contributed by atoms with van der Waals surface area (Å²) in [6.45, 7) is -0.450. The van der Waals surface area contributed by atoms with Gasteiger partial charge in [-0.15, -0.1) is 0 Å². The standard InChI is InChI=1S/C10H13F2N3O3/c11-9(12)6-18-5-4-14-8-3-1-2-7(13)10(8)15(16)17/h1-3,9,14H,4-6,13H2. The van der Waals surface area contributed by atoms with Crippen molar-refractivity contribution in [2.75, 3.05) is 30.8 Å². The highest BCUT2D eigenvalue weighted by Crippen LogP contribution is 2.30. The SMILES string of the molecule is Nc1cccc(NCCOCC(F)F)c1[N+](=O)[O-]. The molecule has 0 amide bonds. The van der Waals surface area contributed by atoms with Crippen molar-refractivity contribution in [2.45, 2.75) is 6.43 Å². The quantitative estimate of drug-likeness (QED) is 0.338. The van der Waals surface area contributed by atoms with Crippen LogP contribution in [0.15, 0.2) is 18.2 Å². The fraction of sp³-hybridized carbons (Fsp3) is 0.400. The summed E-state index contributed by atoms with van der Waals surface area (Å²) in [6, 6.07) is 4.46. The summed E-state index contributed by atoms with van der Waals surface area (Å²) in [5.41, 5.74) is 5.53. The van der Waals surface area contributed by atoms with Crippen molar-refractivity contribution in [1.29, 1.82) is 0 Å². The first kappa shape index (κ1) is 14.1. The molecule has 100 valence electrons. The van der Waals surface area contributed by atoms with Gasteiger partial charge in [0.15, 0.2) is 0 Å². The maximum absolute atomic E-state index is 11.8. The number of nitrogens with zero attached hydrogens (tertiary/aromatic N) is 1. The summed E-state index contributed by atoms with van der Waals surface area (Å²) in [6.07, 6.45) is -2.52. The highest BCUT2D eigenvalue weighted by molar-refractivity contribution is 5.74. The molecule has 18 heavy (non-hydrogen) atoms. The van der Waals surface area contributed by atoms with E-state index in [-0.39, 0.29) is 30.2 Å². The molecule has 0 radical (unpaired) electrons.